The quantitative estimate of drug-likeness (QED) is 0.389. The maximum absolute atomic E-state index is 12.6. The van der Waals surface area contributed by atoms with Crippen molar-refractivity contribution in [1.82, 2.24) is 9.62 Å². The summed E-state index contributed by atoms with van der Waals surface area (Å²) in [5.41, 5.74) is 1.75. The fourth-order valence-corrected chi connectivity index (χ4v) is 5.45. The number of sulfonamides is 1. The Labute approximate surface area is 205 Å². The zero-order chi connectivity index (χ0) is 25.6. The summed E-state index contributed by atoms with van der Waals surface area (Å²) in [5, 5.41) is 16.7. The van der Waals surface area contributed by atoms with Crippen molar-refractivity contribution in [2.24, 2.45) is 5.41 Å². The summed E-state index contributed by atoms with van der Waals surface area (Å²) < 4.78 is 26.2. The van der Waals surface area contributed by atoms with E-state index in [-0.39, 0.29) is 22.2 Å². The first kappa shape index (κ1) is 26.2. The SMILES string of the molecule is Cc1cccc(C(NC2C(=O)C(=O)C2Nc2ccc(Cl)c(S(=O)(=O)N(C)C)c2O)C(C)(C)C)c1. The van der Waals surface area contributed by atoms with Gasteiger partial charge in [-0.1, -0.05) is 62.2 Å². The van der Waals surface area contributed by atoms with Crippen LogP contribution >= 0.6 is 11.6 Å². The molecule has 184 valence electrons. The van der Waals surface area contributed by atoms with Gasteiger partial charge in [-0.2, -0.15) is 0 Å². The highest BCUT2D eigenvalue weighted by molar-refractivity contribution is 7.89. The van der Waals surface area contributed by atoms with Gasteiger partial charge in [0.25, 0.3) is 0 Å². The van der Waals surface area contributed by atoms with Gasteiger partial charge < -0.3 is 10.4 Å². The number of rotatable bonds is 7. The smallest absolute Gasteiger partial charge is 0.247 e. The fraction of sp³-hybridized carbons (Fsp3) is 0.417. The van der Waals surface area contributed by atoms with Crippen LogP contribution in [0.4, 0.5) is 5.69 Å². The van der Waals surface area contributed by atoms with Crippen LogP contribution in [0.5, 0.6) is 5.75 Å². The number of Topliss-reactive ketones (excluding diaryl/α,β-unsaturated/α-hetero) is 2. The van der Waals surface area contributed by atoms with Gasteiger partial charge >= 0.3 is 0 Å². The molecule has 10 heteroatoms. The number of phenolic OH excluding ortho intramolecular Hbond substituents is 1. The van der Waals surface area contributed by atoms with Crippen molar-refractivity contribution in [1.29, 1.82) is 0 Å². The second-order valence-electron chi connectivity index (χ2n) is 9.77. The lowest BCUT2D eigenvalue weighted by Gasteiger charge is -2.41. The monoisotopic (exact) mass is 507 g/mol. The third-order valence-corrected chi connectivity index (χ3v) is 8.18. The van der Waals surface area contributed by atoms with Gasteiger partial charge in [0.05, 0.1) is 10.7 Å². The summed E-state index contributed by atoms with van der Waals surface area (Å²) >= 11 is 6.07. The molecule has 34 heavy (non-hydrogen) atoms. The number of aryl methyl sites for hydroxylation is 1. The summed E-state index contributed by atoms with van der Waals surface area (Å²) in [7, 11) is -1.42. The molecule has 0 aliphatic heterocycles. The lowest BCUT2D eigenvalue weighted by molar-refractivity contribution is -0.146. The Kier molecular flexibility index (Phi) is 7.15. The molecule has 2 aromatic carbocycles. The van der Waals surface area contributed by atoms with Gasteiger partial charge in [-0.3, -0.25) is 14.9 Å². The molecule has 0 aromatic heterocycles. The van der Waals surface area contributed by atoms with E-state index in [1.165, 1.54) is 26.2 Å². The molecule has 3 atom stereocenters. The number of carbonyl (C=O) groups excluding carboxylic acids is 2. The molecule has 0 amide bonds. The summed E-state index contributed by atoms with van der Waals surface area (Å²) in [6.45, 7) is 8.08. The number of ketones is 2. The lowest BCUT2D eigenvalue weighted by Crippen LogP contribution is -2.68. The number of aromatic hydroxyl groups is 1. The summed E-state index contributed by atoms with van der Waals surface area (Å²) in [6, 6.07) is 8.51. The molecular formula is C24H30ClN3O5S. The maximum atomic E-state index is 12.6. The number of anilines is 1. The summed E-state index contributed by atoms with van der Waals surface area (Å²) in [5.74, 6) is -1.84. The zero-order valence-electron chi connectivity index (χ0n) is 20.0. The number of halogens is 1. The Morgan fingerprint density at radius 3 is 2.24 bits per heavy atom. The predicted octanol–water partition coefficient (Wildman–Crippen LogP) is 3.28. The Morgan fingerprint density at radius 2 is 1.68 bits per heavy atom. The average Bonchev–Trinajstić information content (AvgIpc) is 2.73. The second kappa shape index (κ2) is 9.30. The minimum Gasteiger partial charge on any atom is -0.504 e. The molecule has 1 aliphatic carbocycles. The number of hydrogen-bond donors (Lipinski definition) is 3. The largest absolute Gasteiger partial charge is 0.504 e. The molecule has 0 radical (unpaired) electrons. The van der Waals surface area contributed by atoms with Crippen LogP contribution in [0.25, 0.3) is 0 Å². The van der Waals surface area contributed by atoms with Crippen LogP contribution in [-0.2, 0) is 19.6 Å². The molecule has 0 bridgehead atoms. The van der Waals surface area contributed by atoms with Crippen LogP contribution in [0.3, 0.4) is 0 Å². The average molecular weight is 508 g/mol. The van der Waals surface area contributed by atoms with Gasteiger partial charge in [0.1, 0.15) is 17.0 Å². The number of hydrogen-bond acceptors (Lipinski definition) is 7. The van der Waals surface area contributed by atoms with Crippen LogP contribution in [0.15, 0.2) is 41.3 Å². The first-order chi connectivity index (χ1) is 15.7. The molecule has 0 heterocycles. The van der Waals surface area contributed by atoms with Crippen LogP contribution in [0, 0.1) is 12.3 Å². The minimum atomic E-state index is -4.06. The van der Waals surface area contributed by atoms with E-state index in [9.17, 15) is 23.1 Å². The molecule has 0 spiro atoms. The van der Waals surface area contributed by atoms with Gasteiger partial charge in [-0.05, 0) is 30.0 Å². The van der Waals surface area contributed by atoms with Gasteiger partial charge in [0.2, 0.25) is 21.6 Å². The Morgan fingerprint density at radius 1 is 1.06 bits per heavy atom. The van der Waals surface area contributed by atoms with E-state index in [2.05, 4.69) is 10.6 Å². The maximum Gasteiger partial charge on any atom is 0.247 e. The Bertz CT molecular complexity index is 1240. The molecule has 2 aromatic rings. The molecule has 3 rings (SSSR count). The van der Waals surface area contributed by atoms with Crippen LogP contribution in [0.2, 0.25) is 5.02 Å². The third-order valence-electron chi connectivity index (χ3n) is 5.86. The van der Waals surface area contributed by atoms with Gasteiger partial charge in [-0.15, -0.1) is 0 Å². The van der Waals surface area contributed by atoms with Crippen molar-refractivity contribution in [3.8, 4) is 5.75 Å². The summed E-state index contributed by atoms with van der Waals surface area (Å²) in [6.07, 6.45) is 0. The first-order valence-corrected chi connectivity index (χ1v) is 12.6. The molecule has 1 fully saturated rings. The minimum absolute atomic E-state index is 0.00895. The number of benzene rings is 2. The Hall–Kier alpha value is -2.46. The van der Waals surface area contributed by atoms with Crippen LogP contribution in [-0.4, -0.2) is 55.6 Å². The number of phenols is 1. The zero-order valence-corrected chi connectivity index (χ0v) is 21.6. The highest BCUT2D eigenvalue weighted by atomic mass is 35.5. The number of nitrogens with zero attached hydrogens (tertiary/aromatic N) is 1. The van der Waals surface area contributed by atoms with Crippen molar-refractivity contribution in [3.05, 3.63) is 52.5 Å². The van der Waals surface area contributed by atoms with Gasteiger partial charge in [0, 0.05) is 20.1 Å². The van der Waals surface area contributed by atoms with Crippen LogP contribution < -0.4 is 10.6 Å². The van der Waals surface area contributed by atoms with Gasteiger partial charge in [0.15, 0.2) is 5.75 Å². The predicted molar refractivity (Wildman–Crippen MR) is 132 cm³/mol. The molecule has 1 aliphatic rings. The van der Waals surface area contributed by atoms with E-state index in [4.69, 9.17) is 11.6 Å². The molecule has 8 nitrogen and oxygen atoms in total. The first-order valence-electron chi connectivity index (χ1n) is 10.8. The fourth-order valence-electron chi connectivity index (χ4n) is 3.97. The highest BCUT2D eigenvalue weighted by Gasteiger charge is 2.51. The normalized spacial score (nSPS) is 19.8. The van der Waals surface area contributed by atoms with Crippen molar-refractivity contribution in [2.45, 2.75) is 50.7 Å². The lowest BCUT2D eigenvalue weighted by atomic mass is 9.77. The van der Waals surface area contributed by atoms with E-state index in [0.717, 1.165) is 15.4 Å². The standard InChI is InChI=1S/C24H30ClN3O5S/c1-13-8-7-9-14(12-13)23(24(2,3)4)27-18-17(20(30)21(18)31)26-16-11-10-15(25)22(19(16)29)34(32,33)28(5)6/h7-12,17-18,23,26-27,29H,1-6H3. The van der Waals surface area contributed by atoms with E-state index in [0.29, 0.717) is 0 Å². The molecule has 3 N–H and O–H groups in total. The third kappa shape index (κ3) is 4.84. The van der Waals surface area contributed by atoms with Gasteiger partial charge in [-0.25, -0.2) is 12.7 Å². The topological polar surface area (TPSA) is 116 Å². The van der Waals surface area contributed by atoms with E-state index in [1.54, 1.807) is 0 Å². The van der Waals surface area contributed by atoms with E-state index < -0.39 is 44.3 Å². The summed E-state index contributed by atoms with van der Waals surface area (Å²) in [4.78, 5) is 24.5. The van der Waals surface area contributed by atoms with Crippen molar-refractivity contribution in [3.63, 3.8) is 0 Å². The Balaban J connectivity index is 1.94. The second-order valence-corrected chi connectivity index (χ2v) is 12.3. The van der Waals surface area contributed by atoms with Crippen molar-refractivity contribution >= 4 is 38.9 Å². The highest BCUT2D eigenvalue weighted by Crippen LogP contribution is 2.40. The van der Waals surface area contributed by atoms with Crippen molar-refractivity contribution in [2.75, 3.05) is 19.4 Å². The molecule has 1 saturated carbocycles. The van der Waals surface area contributed by atoms with E-state index >= 15 is 0 Å². The molecular weight excluding hydrogens is 478 g/mol. The molecule has 3 unspecified atom stereocenters. The molecule has 0 saturated heterocycles. The number of nitrogens with one attached hydrogen (secondary N) is 2. The number of carbonyl (C=O) groups is 2. The van der Waals surface area contributed by atoms with E-state index in [1.807, 2.05) is 52.0 Å². The van der Waals surface area contributed by atoms with Crippen LogP contribution in [0.1, 0.15) is 37.9 Å². The van der Waals surface area contributed by atoms with Crippen molar-refractivity contribution < 1.29 is 23.1 Å².